The molecule has 8 nitrogen and oxygen atoms in total. The average molecular weight is 598 g/mol. The van der Waals surface area contributed by atoms with Gasteiger partial charge in [0.15, 0.2) is 0 Å². The molecule has 3 aromatic rings. The van der Waals surface area contributed by atoms with Crippen LogP contribution in [0.15, 0.2) is 60.7 Å². The van der Waals surface area contributed by atoms with Gasteiger partial charge in [-0.1, -0.05) is 69.3 Å². The number of nitrogens with one attached hydrogen (secondary N) is 3. The standard InChI is InChI=1S/C31H40ClN5O3S/c1-5-11-28(38)35-26(18-29-36-25-15-14-23(32)17-27(25)41-29)31(40)34-24(16-22-12-9-8-10-13-22)19-33-30(39)21(4)20-37(6-2)7-3/h8-10,12-15,17,24,26H,4-7,11,16,18-20H2,1-3H3,(H,33,39)(H,34,40)(H,35,38)/t24-,26-/m0/s1. The molecule has 0 saturated carbocycles. The molecule has 0 aliphatic heterocycles. The van der Waals surface area contributed by atoms with Crippen LogP contribution in [0.4, 0.5) is 0 Å². The first-order valence-corrected chi connectivity index (χ1v) is 15.3. The van der Waals surface area contributed by atoms with Crippen molar-refractivity contribution >= 4 is 50.9 Å². The topological polar surface area (TPSA) is 103 Å². The Hall–Kier alpha value is -3.27. The van der Waals surface area contributed by atoms with Crippen LogP contribution in [0, 0.1) is 0 Å². The molecule has 0 fully saturated rings. The molecule has 2 atom stereocenters. The molecule has 1 heterocycles. The Morgan fingerprint density at radius 2 is 1.76 bits per heavy atom. The summed E-state index contributed by atoms with van der Waals surface area (Å²) in [5.41, 5.74) is 2.28. The lowest BCUT2D eigenvalue weighted by molar-refractivity contribution is -0.129. The van der Waals surface area contributed by atoms with Crippen molar-refractivity contribution in [1.82, 2.24) is 25.8 Å². The van der Waals surface area contributed by atoms with E-state index in [0.717, 1.165) is 33.9 Å². The van der Waals surface area contributed by atoms with Gasteiger partial charge in [-0.25, -0.2) is 4.98 Å². The molecular weight excluding hydrogens is 558 g/mol. The van der Waals surface area contributed by atoms with Gasteiger partial charge in [0.25, 0.3) is 0 Å². The molecule has 0 aliphatic carbocycles. The van der Waals surface area contributed by atoms with Crippen LogP contribution in [0.3, 0.4) is 0 Å². The van der Waals surface area contributed by atoms with E-state index in [4.69, 9.17) is 11.6 Å². The van der Waals surface area contributed by atoms with Crippen LogP contribution < -0.4 is 16.0 Å². The van der Waals surface area contributed by atoms with Crippen molar-refractivity contribution in [3.63, 3.8) is 0 Å². The predicted molar refractivity (Wildman–Crippen MR) is 167 cm³/mol. The summed E-state index contributed by atoms with van der Waals surface area (Å²) in [4.78, 5) is 45.8. The van der Waals surface area contributed by atoms with E-state index in [2.05, 4.69) is 32.4 Å². The zero-order valence-corrected chi connectivity index (χ0v) is 25.6. The number of rotatable bonds is 16. The number of nitrogens with zero attached hydrogens (tertiary/aromatic N) is 2. The average Bonchev–Trinajstić information content (AvgIpc) is 3.35. The first kappa shape index (κ1) is 32.2. The van der Waals surface area contributed by atoms with E-state index in [1.807, 2.05) is 63.2 Å². The van der Waals surface area contributed by atoms with Gasteiger partial charge < -0.3 is 16.0 Å². The van der Waals surface area contributed by atoms with E-state index in [0.29, 0.717) is 36.4 Å². The second-order valence-electron chi connectivity index (χ2n) is 9.96. The van der Waals surface area contributed by atoms with Gasteiger partial charge in [0.05, 0.1) is 21.3 Å². The van der Waals surface area contributed by atoms with E-state index >= 15 is 0 Å². The van der Waals surface area contributed by atoms with Crippen LogP contribution >= 0.6 is 22.9 Å². The molecule has 0 saturated heterocycles. The van der Waals surface area contributed by atoms with Gasteiger partial charge in [-0.05, 0) is 49.7 Å². The second-order valence-corrected chi connectivity index (χ2v) is 11.5. The normalized spacial score (nSPS) is 12.6. The van der Waals surface area contributed by atoms with Gasteiger partial charge in [-0.3, -0.25) is 19.3 Å². The fourth-order valence-electron chi connectivity index (χ4n) is 4.42. The van der Waals surface area contributed by atoms with Gasteiger partial charge >= 0.3 is 0 Å². The number of carbonyl (C=O) groups excluding carboxylic acids is 3. The summed E-state index contributed by atoms with van der Waals surface area (Å²) in [7, 11) is 0. The largest absolute Gasteiger partial charge is 0.350 e. The van der Waals surface area contributed by atoms with E-state index in [-0.39, 0.29) is 30.7 Å². The van der Waals surface area contributed by atoms with E-state index in [1.54, 1.807) is 6.07 Å². The van der Waals surface area contributed by atoms with Crippen molar-refractivity contribution in [3.8, 4) is 0 Å². The molecule has 0 radical (unpaired) electrons. The van der Waals surface area contributed by atoms with Crippen molar-refractivity contribution in [1.29, 1.82) is 0 Å². The molecule has 3 N–H and O–H groups in total. The van der Waals surface area contributed by atoms with Crippen molar-refractivity contribution < 1.29 is 14.4 Å². The Balaban J connectivity index is 1.76. The monoisotopic (exact) mass is 597 g/mol. The third-order valence-corrected chi connectivity index (χ3v) is 7.99. The molecule has 41 heavy (non-hydrogen) atoms. The third-order valence-electron chi connectivity index (χ3n) is 6.71. The molecule has 0 aliphatic rings. The van der Waals surface area contributed by atoms with Crippen molar-refractivity contribution in [2.45, 2.75) is 58.5 Å². The maximum atomic E-state index is 13.7. The molecule has 10 heteroatoms. The highest BCUT2D eigenvalue weighted by molar-refractivity contribution is 7.18. The lowest BCUT2D eigenvalue weighted by Gasteiger charge is -2.24. The summed E-state index contributed by atoms with van der Waals surface area (Å²) in [5.74, 6) is -0.772. The van der Waals surface area contributed by atoms with Crippen LogP contribution in [0.2, 0.25) is 5.02 Å². The summed E-state index contributed by atoms with van der Waals surface area (Å²) in [6.45, 7) is 12.3. The number of fused-ring (bicyclic) bond motifs is 1. The van der Waals surface area contributed by atoms with Crippen LogP contribution in [-0.2, 0) is 27.2 Å². The van der Waals surface area contributed by atoms with E-state index in [9.17, 15) is 14.4 Å². The minimum Gasteiger partial charge on any atom is -0.350 e. The fraction of sp³-hybridized carbons (Fsp3) is 0.419. The summed E-state index contributed by atoms with van der Waals surface area (Å²) in [5, 5.41) is 10.3. The number of thiazole rings is 1. The van der Waals surface area contributed by atoms with Crippen molar-refractivity contribution in [3.05, 3.63) is 76.3 Å². The Kier molecular flexibility index (Phi) is 12.8. The quantitative estimate of drug-likeness (QED) is 0.211. The number of aromatic nitrogens is 1. The Labute approximate surface area is 251 Å². The molecule has 3 amide bonds. The SMILES string of the molecule is C=C(CN(CC)CC)C(=O)NC[C@H](Cc1ccccc1)NC(=O)[C@H](Cc1nc2ccc(Cl)cc2s1)NC(=O)CCC. The maximum Gasteiger partial charge on any atom is 0.247 e. The zero-order valence-electron chi connectivity index (χ0n) is 24.0. The number of amides is 3. The molecule has 0 unspecified atom stereocenters. The number of likely N-dealkylation sites (N-methyl/N-ethyl adjacent to an activating group) is 1. The van der Waals surface area contributed by atoms with Crippen LogP contribution in [-0.4, -0.2) is 65.9 Å². The van der Waals surface area contributed by atoms with E-state index < -0.39 is 12.1 Å². The first-order chi connectivity index (χ1) is 19.7. The summed E-state index contributed by atoms with van der Waals surface area (Å²) in [6, 6.07) is 14.0. The smallest absolute Gasteiger partial charge is 0.247 e. The van der Waals surface area contributed by atoms with Gasteiger partial charge in [-0.2, -0.15) is 0 Å². The Morgan fingerprint density at radius 1 is 1.02 bits per heavy atom. The molecular formula is C31H40ClN5O3S. The predicted octanol–water partition coefficient (Wildman–Crippen LogP) is 4.52. The third kappa shape index (κ3) is 10.3. The number of halogens is 1. The lowest BCUT2D eigenvalue weighted by atomic mass is 10.0. The van der Waals surface area contributed by atoms with Crippen molar-refractivity contribution in [2.75, 3.05) is 26.2 Å². The number of hydrogen-bond donors (Lipinski definition) is 3. The van der Waals surface area contributed by atoms with Gasteiger partial charge in [0, 0.05) is 36.5 Å². The van der Waals surface area contributed by atoms with Gasteiger partial charge in [0.2, 0.25) is 17.7 Å². The molecule has 2 aromatic carbocycles. The maximum absolute atomic E-state index is 13.7. The van der Waals surface area contributed by atoms with E-state index in [1.165, 1.54) is 11.3 Å². The number of hydrogen-bond acceptors (Lipinski definition) is 6. The molecule has 1 aromatic heterocycles. The minimum absolute atomic E-state index is 0.197. The summed E-state index contributed by atoms with van der Waals surface area (Å²) >= 11 is 7.59. The van der Waals surface area contributed by atoms with Crippen LogP contribution in [0.1, 0.15) is 44.2 Å². The van der Waals surface area contributed by atoms with Crippen molar-refractivity contribution in [2.24, 2.45) is 0 Å². The minimum atomic E-state index is -0.823. The van der Waals surface area contributed by atoms with Crippen LogP contribution in [0.5, 0.6) is 0 Å². The molecule has 0 spiro atoms. The van der Waals surface area contributed by atoms with Crippen LogP contribution in [0.25, 0.3) is 10.2 Å². The molecule has 3 rings (SSSR count). The zero-order chi connectivity index (χ0) is 29.8. The Morgan fingerprint density at radius 3 is 2.44 bits per heavy atom. The molecule has 220 valence electrons. The lowest BCUT2D eigenvalue weighted by Crippen LogP contribution is -2.53. The van der Waals surface area contributed by atoms with Gasteiger partial charge in [0.1, 0.15) is 6.04 Å². The Bertz CT molecular complexity index is 1330. The highest BCUT2D eigenvalue weighted by atomic mass is 35.5. The highest BCUT2D eigenvalue weighted by Crippen LogP contribution is 2.26. The molecule has 0 bridgehead atoms. The number of benzene rings is 2. The summed E-state index contributed by atoms with van der Waals surface area (Å²) < 4.78 is 0.918. The first-order valence-electron chi connectivity index (χ1n) is 14.1. The fourth-order valence-corrected chi connectivity index (χ4v) is 5.70. The van der Waals surface area contributed by atoms with Gasteiger partial charge in [-0.15, -0.1) is 11.3 Å². The summed E-state index contributed by atoms with van der Waals surface area (Å²) in [6.07, 6.45) is 1.73. The second kappa shape index (κ2) is 16.2. The highest BCUT2D eigenvalue weighted by Gasteiger charge is 2.26. The number of carbonyl (C=O) groups is 3.